The second-order valence-electron chi connectivity index (χ2n) is 4.18. The van der Waals surface area contributed by atoms with Crippen molar-refractivity contribution >= 4 is 21.6 Å². The van der Waals surface area contributed by atoms with Crippen LogP contribution in [0.3, 0.4) is 0 Å². The number of aromatic nitrogens is 1. The normalized spacial score (nSPS) is 13.6. The molecule has 80 valence electrons. The van der Waals surface area contributed by atoms with Crippen molar-refractivity contribution in [2.45, 2.75) is 12.8 Å². The van der Waals surface area contributed by atoms with Crippen molar-refractivity contribution in [3.05, 3.63) is 29.3 Å². The summed E-state index contributed by atoms with van der Waals surface area (Å²) in [6.07, 6.45) is 0. The maximum Gasteiger partial charge on any atom is 0.0979 e. The van der Waals surface area contributed by atoms with Gasteiger partial charge in [-0.2, -0.15) is 0 Å². The Morgan fingerprint density at radius 2 is 2.07 bits per heavy atom. The molecule has 0 aliphatic carbocycles. The van der Waals surface area contributed by atoms with Crippen LogP contribution in [0.25, 0.3) is 10.2 Å². The zero-order valence-electron chi connectivity index (χ0n) is 9.40. The molecule has 0 aliphatic rings. The Bertz CT molecular complexity index is 415. The van der Waals surface area contributed by atoms with Crippen LogP contribution in [0.2, 0.25) is 0 Å². The number of fused-ring (bicyclic) bond motifs is 1. The summed E-state index contributed by atoms with van der Waals surface area (Å²) in [7, 11) is 4.20. The molecule has 1 unspecified atom stereocenters. The van der Waals surface area contributed by atoms with Gasteiger partial charge in [0.25, 0.3) is 0 Å². The first-order valence-corrected chi connectivity index (χ1v) is 5.98. The number of likely N-dealkylation sites (N-methyl/N-ethyl adjacent to an activating group) is 1. The van der Waals surface area contributed by atoms with E-state index in [1.54, 1.807) is 0 Å². The van der Waals surface area contributed by atoms with Crippen LogP contribution in [0.15, 0.2) is 24.3 Å². The summed E-state index contributed by atoms with van der Waals surface area (Å²) in [4.78, 5) is 6.86. The van der Waals surface area contributed by atoms with Crippen LogP contribution in [-0.4, -0.2) is 30.5 Å². The summed E-state index contributed by atoms with van der Waals surface area (Å²) in [5.74, 6) is 0.511. The van der Waals surface area contributed by atoms with Gasteiger partial charge < -0.3 is 4.90 Å². The minimum absolute atomic E-state index is 0.511. The summed E-state index contributed by atoms with van der Waals surface area (Å²) in [6.45, 7) is 3.29. The topological polar surface area (TPSA) is 16.1 Å². The fourth-order valence-electron chi connectivity index (χ4n) is 1.73. The number of nitrogens with zero attached hydrogens (tertiary/aromatic N) is 2. The summed E-state index contributed by atoms with van der Waals surface area (Å²) in [6, 6.07) is 8.33. The maximum atomic E-state index is 4.66. The molecule has 15 heavy (non-hydrogen) atoms. The Balaban J connectivity index is 2.28. The van der Waals surface area contributed by atoms with Gasteiger partial charge in [0.2, 0.25) is 0 Å². The Morgan fingerprint density at radius 3 is 2.73 bits per heavy atom. The average molecular weight is 220 g/mol. The molecule has 0 amide bonds. The first kappa shape index (κ1) is 10.6. The lowest BCUT2D eigenvalue weighted by molar-refractivity contribution is 0.383. The van der Waals surface area contributed by atoms with Crippen LogP contribution in [0.1, 0.15) is 17.8 Å². The zero-order valence-corrected chi connectivity index (χ0v) is 10.2. The van der Waals surface area contributed by atoms with E-state index in [0.717, 1.165) is 12.1 Å². The van der Waals surface area contributed by atoms with Gasteiger partial charge in [0, 0.05) is 12.5 Å². The van der Waals surface area contributed by atoms with Crippen LogP contribution in [0.5, 0.6) is 0 Å². The van der Waals surface area contributed by atoms with Gasteiger partial charge in [-0.15, -0.1) is 11.3 Å². The Hall–Kier alpha value is -0.930. The summed E-state index contributed by atoms with van der Waals surface area (Å²) < 4.78 is 1.29. The summed E-state index contributed by atoms with van der Waals surface area (Å²) in [5, 5.41) is 1.24. The number of thiazole rings is 1. The van der Waals surface area contributed by atoms with Crippen molar-refractivity contribution in [1.82, 2.24) is 9.88 Å². The number of para-hydroxylation sites is 1. The SMILES string of the molecule is CC(CN(C)C)c1nc2ccccc2s1. The van der Waals surface area contributed by atoms with E-state index < -0.39 is 0 Å². The van der Waals surface area contributed by atoms with Crippen LogP contribution >= 0.6 is 11.3 Å². The van der Waals surface area contributed by atoms with Gasteiger partial charge in [0.05, 0.1) is 15.2 Å². The predicted molar refractivity (Wildman–Crippen MR) is 66.6 cm³/mol. The molecular weight excluding hydrogens is 204 g/mol. The third-order valence-electron chi connectivity index (χ3n) is 2.37. The molecule has 1 aromatic carbocycles. The highest BCUT2D eigenvalue weighted by Gasteiger charge is 2.11. The fourth-order valence-corrected chi connectivity index (χ4v) is 2.74. The van der Waals surface area contributed by atoms with Gasteiger partial charge >= 0.3 is 0 Å². The first-order chi connectivity index (χ1) is 7.16. The summed E-state index contributed by atoms with van der Waals surface area (Å²) in [5.41, 5.74) is 1.13. The molecule has 2 aromatic rings. The van der Waals surface area contributed by atoms with E-state index in [0.29, 0.717) is 5.92 Å². The van der Waals surface area contributed by atoms with Crippen molar-refractivity contribution in [3.8, 4) is 0 Å². The molecule has 0 radical (unpaired) electrons. The van der Waals surface area contributed by atoms with Gasteiger partial charge in [0.15, 0.2) is 0 Å². The standard InChI is InChI=1S/C12H16N2S/c1-9(8-14(2)3)12-13-10-6-4-5-7-11(10)15-12/h4-7,9H,8H2,1-3H3. The van der Waals surface area contributed by atoms with Crippen molar-refractivity contribution in [2.75, 3.05) is 20.6 Å². The molecule has 2 rings (SSSR count). The molecule has 0 fully saturated rings. The van der Waals surface area contributed by atoms with Gasteiger partial charge in [0.1, 0.15) is 0 Å². The third-order valence-corrected chi connectivity index (χ3v) is 3.64. The molecule has 0 saturated carbocycles. The largest absolute Gasteiger partial charge is 0.309 e. The van der Waals surface area contributed by atoms with E-state index in [9.17, 15) is 0 Å². The van der Waals surface area contributed by atoms with Gasteiger partial charge in [-0.05, 0) is 26.2 Å². The van der Waals surface area contributed by atoms with E-state index >= 15 is 0 Å². The zero-order chi connectivity index (χ0) is 10.8. The first-order valence-electron chi connectivity index (χ1n) is 5.17. The smallest absolute Gasteiger partial charge is 0.0979 e. The van der Waals surface area contributed by atoms with Crippen LogP contribution in [0.4, 0.5) is 0 Å². The molecule has 0 bridgehead atoms. The highest BCUT2D eigenvalue weighted by Crippen LogP contribution is 2.27. The monoisotopic (exact) mass is 220 g/mol. The van der Waals surface area contributed by atoms with Crippen molar-refractivity contribution in [1.29, 1.82) is 0 Å². The third kappa shape index (κ3) is 2.36. The van der Waals surface area contributed by atoms with Crippen molar-refractivity contribution in [3.63, 3.8) is 0 Å². The van der Waals surface area contributed by atoms with E-state index in [2.05, 4.69) is 49.1 Å². The molecule has 1 heterocycles. The highest BCUT2D eigenvalue weighted by molar-refractivity contribution is 7.18. The fraction of sp³-hybridized carbons (Fsp3) is 0.417. The lowest BCUT2D eigenvalue weighted by atomic mass is 10.2. The number of benzene rings is 1. The predicted octanol–water partition coefficient (Wildman–Crippen LogP) is 2.96. The number of hydrogen-bond acceptors (Lipinski definition) is 3. The number of hydrogen-bond donors (Lipinski definition) is 0. The molecule has 3 heteroatoms. The van der Waals surface area contributed by atoms with Crippen LogP contribution < -0.4 is 0 Å². The molecule has 1 atom stereocenters. The van der Waals surface area contributed by atoms with E-state index in [1.807, 2.05) is 17.4 Å². The molecule has 0 saturated heterocycles. The van der Waals surface area contributed by atoms with Crippen LogP contribution in [-0.2, 0) is 0 Å². The summed E-state index contributed by atoms with van der Waals surface area (Å²) >= 11 is 1.81. The molecule has 0 aliphatic heterocycles. The Kier molecular flexibility index (Phi) is 3.03. The highest BCUT2D eigenvalue weighted by atomic mass is 32.1. The average Bonchev–Trinajstić information content (AvgIpc) is 2.59. The molecule has 1 aromatic heterocycles. The van der Waals surface area contributed by atoms with Gasteiger partial charge in [-0.1, -0.05) is 19.1 Å². The quantitative estimate of drug-likeness (QED) is 0.790. The van der Waals surface area contributed by atoms with E-state index in [-0.39, 0.29) is 0 Å². The van der Waals surface area contributed by atoms with Gasteiger partial charge in [-0.3, -0.25) is 0 Å². The molecular formula is C12H16N2S. The molecule has 2 nitrogen and oxygen atoms in total. The second-order valence-corrected chi connectivity index (χ2v) is 5.25. The van der Waals surface area contributed by atoms with E-state index in [4.69, 9.17) is 0 Å². The lowest BCUT2D eigenvalue weighted by Gasteiger charge is -2.13. The van der Waals surface area contributed by atoms with Crippen LogP contribution in [0, 0.1) is 0 Å². The molecule has 0 spiro atoms. The second kappa shape index (κ2) is 4.29. The maximum absolute atomic E-state index is 4.66. The van der Waals surface area contributed by atoms with Crippen molar-refractivity contribution in [2.24, 2.45) is 0 Å². The van der Waals surface area contributed by atoms with E-state index in [1.165, 1.54) is 9.71 Å². The minimum Gasteiger partial charge on any atom is -0.309 e. The Morgan fingerprint density at radius 1 is 1.33 bits per heavy atom. The van der Waals surface area contributed by atoms with Gasteiger partial charge in [-0.25, -0.2) is 4.98 Å². The lowest BCUT2D eigenvalue weighted by Crippen LogP contribution is -2.18. The van der Waals surface area contributed by atoms with Crippen molar-refractivity contribution < 1.29 is 0 Å². The number of rotatable bonds is 3. The Labute approximate surface area is 94.6 Å². The molecule has 0 N–H and O–H groups in total. The minimum atomic E-state index is 0.511.